The molecule has 8 rings (SSSR count). The molecule has 0 amide bonds. The van der Waals surface area contributed by atoms with Crippen LogP contribution in [0.5, 0.6) is 5.75 Å². The maximum absolute atomic E-state index is 12.6. The minimum Gasteiger partial charge on any atom is -0.507 e. The van der Waals surface area contributed by atoms with Crippen molar-refractivity contribution < 1.29 is 37.1 Å². The normalized spacial score (nSPS) is 14.1. The summed E-state index contributed by atoms with van der Waals surface area (Å²) >= 11 is 0. The summed E-state index contributed by atoms with van der Waals surface area (Å²) in [4.78, 5) is 10.0. The van der Waals surface area contributed by atoms with E-state index in [4.69, 9.17) is 14.6 Å². The molecule has 0 radical (unpaired) electrons. The van der Waals surface area contributed by atoms with Gasteiger partial charge in [0.15, 0.2) is 0 Å². The standard InChI is InChI=1S/C59H62N3O.Pt/c1-13-59(11,12)43-27-28-51(47(35-43)39-23-18-15-19-24-39)62-52-26-20-25-46(53(52)61-55(62)48-36-45(57(5,6)7)37-49(54(48)63)58(8,9)10)41-31-42(33-44(32-41)56(2,3)4)50-34-40(29-30-60-50)38-21-16-14-17-22-38;/h14-30,32-37,63H,13H2,1-12H3;/q-1;/i14D,16D,17D,21D,22D,29D,30D,34D;. The average Bonchev–Trinajstić information content (AvgIpc) is 3.70. The number of imidazole rings is 1. The molecule has 0 fully saturated rings. The van der Waals surface area contributed by atoms with Crippen LogP contribution in [0.4, 0.5) is 0 Å². The number of phenols is 1. The number of benzene rings is 6. The molecule has 2 heterocycles. The van der Waals surface area contributed by atoms with Crippen molar-refractivity contribution in [3.63, 3.8) is 0 Å². The predicted molar refractivity (Wildman–Crippen MR) is 266 cm³/mol. The molecule has 4 nitrogen and oxygen atoms in total. The Morgan fingerprint density at radius 3 is 1.94 bits per heavy atom. The summed E-state index contributed by atoms with van der Waals surface area (Å²) < 4.78 is 71.9. The number of rotatable bonds is 8. The first-order chi connectivity index (χ1) is 33.1. The number of pyridine rings is 1. The van der Waals surface area contributed by atoms with Gasteiger partial charge in [-0.05, 0) is 86.2 Å². The van der Waals surface area contributed by atoms with Crippen molar-refractivity contribution in [1.82, 2.24) is 14.5 Å². The Balaban J connectivity index is 0.00000760. The molecule has 64 heavy (non-hydrogen) atoms. The minimum absolute atomic E-state index is 0. The van der Waals surface area contributed by atoms with Crippen LogP contribution >= 0.6 is 0 Å². The van der Waals surface area contributed by atoms with E-state index in [9.17, 15) is 6.48 Å². The van der Waals surface area contributed by atoms with Crippen LogP contribution in [0.1, 0.15) is 123 Å². The van der Waals surface area contributed by atoms with Crippen LogP contribution in [-0.2, 0) is 42.7 Å². The third-order valence-electron chi connectivity index (χ3n) is 12.3. The molecule has 6 aromatic carbocycles. The SMILES string of the molecule is [2H]c1nc(-c2[c-]c(-c3cccc4c3nc(-c3cc(C(C)(C)C)cc(C(C)(C)C)c3O)n4-c3ccc(C(C)(C)CC)cc3-c3ccccc3)cc(C(C)(C)C)c2)c([2H])c(-c2c([2H])c([2H])c([2H])c([2H])c2[2H])c1[2H].[Pt]. The van der Waals surface area contributed by atoms with Gasteiger partial charge in [-0.25, -0.2) is 4.98 Å². The maximum atomic E-state index is 12.6. The molecule has 0 aliphatic rings. The number of aromatic hydroxyl groups is 1. The Kier molecular flexibility index (Phi) is 10.0. The van der Waals surface area contributed by atoms with Crippen molar-refractivity contribution in [3.05, 3.63) is 168 Å². The van der Waals surface area contributed by atoms with E-state index in [0.717, 1.165) is 45.4 Å². The second kappa shape index (κ2) is 17.4. The first kappa shape index (κ1) is 36.7. The van der Waals surface area contributed by atoms with Gasteiger partial charge >= 0.3 is 0 Å². The number of hydrogen-bond acceptors (Lipinski definition) is 3. The second-order valence-electron chi connectivity index (χ2n) is 20.3. The van der Waals surface area contributed by atoms with Gasteiger partial charge in [0.05, 0.1) is 33.3 Å². The van der Waals surface area contributed by atoms with E-state index in [1.165, 1.54) is 5.56 Å². The Morgan fingerprint density at radius 1 is 0.625 bits per heavy atom. The summed E-state index contributed by atoms with van der Waals surface area (Å²) in [5.74, 6) is 0.682. The largest absolute Gasteiger partial charge is 0.507 e. The van der Waals surface area contributed by atoms with Gasteiger partial charge in [-0.3, -0.25) is 9.55 Å². The number of hydrogen-bond donors (Lipinski definition) is 1. The fourth-order valence-corrected chi connectivity index (χ4v) is 7.98. The molecule has 330 valence electrons. The molecule has 0 atom stereocenters. The number of nitrogens with zero attached hydrogens (tertiary/aromatic N) is 3. The quantitative estimate of drug-likeness (QED) is 0.154. The van der Waals surface area contributed by atoms with E-state index >= 15 is 0 Å². The van der Waals surface area contributed by atoms with Crippen LogP contribution in [0.3, 0.4) is 0 Å². The predicted octanol–water partition coefficient (Wildman–Crippen LogP) is 15.8. The second-order valence-corrected chi connectivity index (χ2v) is 20.3. The third kappa shape index (κ3) is 9.05. The maximum Gasteiger partial charge on any atom is 0.148 e. The number of phenolic OH excluding ortho intramolecular Hbond substituents is 1. The van der Waals surface area contributed by atoms with Crippen molar-refractivity contribution in [1.29, 1.82) is 0 Å². The number of aromatic nitrogens is 3. The number of para-hydroxylation sites is 1. The minimum atomic E-state index is -0.607. The Labute approximate surface area is 407 Å². The van der Waals surface area contributed by atoms with Crippen LogP contribution in [0, 0.1) is 6.07 Å². The van der Waals surface area contributed by atoms with Gasteiger partial charge in [0.2, 0.25) is 0 Å². The smallest absolute Gasteiger partial charge is 0.148 e. The summed E-state index contributed by atoms with van der Waals surface area (Å²) in [7, 11) is 0. The molecule has 5 heteroatoms. The summed E-state index contributed by atoms with van der Waals surface area (Å²) in [6.07, 6.45) is 0.412. The van der Waals surface area contributed by atoms with Crippen LogP contribution in [0.15, 0.2) is 139 Å². The van der Waals surface area contributed by atoms with Crippen molar-refractivity contribution in [2.24, 2.45) is 0 Å². The first-order valence-electron chi connectivity index (χ1n) is 25.8. The van der Waals surface area contributed by atoms with E-state index in [-0.39, 0.29) is 60.5 Å². The van der Waals surface area contributed by atoms with E-state index in [1.54, 1.807) is 0 Å². The number of fused-ring (bicyclic) bond motifs is 1. The molecule has 1 N–H and O–H groups in total. The van der Waals surface area contributed by atoms with Crippen LogP contribution < -0.4 is 0 Å². The molecule has 0 bridgehead atoms. The van der Waals surface area contributed by atoms with Crippen molar-refractivity contribution in [3.8, 4) is 67.5 Å². The van der Waals surface area contributed by atoms with E-state index in [1.807, 2.05) is 48.5 Å². The topological polar surface area (TPSA) is 50.9 Å². The summed E-state index contributed by atoms with van der Waals surface area (Å²) in [5, 5.41) is 12.6. The zero-order valence-corrected chi connectivity index (χ0v) is 41.2. The van der Waals surface area contributed by atoms with E-state index in [0.29, 0.717) is 33.6 Å². The van der Waals surface area contributed by atoms with E-state index < -0.39 is 53.3 Å². The zero-order valence-electron chi connectivity index (χ0n) is 47.0. The molecular formula is C59H62N3OPt-. The molecule has 0 unspecified atom stereocenters. The van der Waals surface area contributed by atoms with Crippen molar-refractivity contribution in [2.75, 3.05) is 0 Å². The van der Waals surface area contributed by atoms with Crippen LogP contribution in [0.2, 0.25) is 0 Å². The van der Waals surface area contributed by atoms with Gasteiger partial charge in [0.25, 0.3) is 0 Å². The van der Waals surface area contributed by atoms with Gasteiger partial charge in [0.1, 0.15) is 11.6 Å². The molecule has 2 aromatic heterocycles. The Bertz CT molecular complexity index is 3410. The Hall–Kier alpha value is -5.57. The molecule has 0 aliphatic heterocycles. The van der Waals surface area contributed by atoms with Gasteiger partial charge in [-0.15, -0.1) is 29.3 Å². The fraction of sp³-hybridized carbons (Fsp3) is 0.288. The summed E-state index contributed by atoms with van der Waals surface area (Å²) in [5.41, 5.74) is 8.41. The molecular weight excluding hydrogens is 962 g/mol. The Morgan fingerprint density at radius 2 is 1.28 bits per heavy atom. The molecule has 0 saturated carbocycles. The molecule has 0 spiro atoms. The van der Waals surface area contributed by atoms with Crippen LogP contribution in [-0.4, -0.2) is 19.6 Å². The first-order valence-corrected chi connectivity index (χ1v) is 21.8. The zero-order chi connectivity index (χ0) is 52.0. The van der Waals surface area contributed by atoms with E-state index in [2.05, 4.69) is 141 Å². The monoisotopic (exact) mass is 1030 g/mol. The van der Waals surface area contributed by atoms with Crippen LogP contribution in [0.25, 0.3) is 72.7 Å². The third-order valence-corrected chi connectivity index (χ3v) is 12.3. The average molecular weight is 1030 g/mol. The van der Waals surface area contributed by atoms with Gasteiger partial charge < -0.3 is 5.11 Å². The fourth-order valence-electron chi connectivity index (χ4n) is 7.98. The van der Waals surface area contributed by atoms with Gasteiger partial charge in [0, 0.05) is 44.1 Å². The van der Waals surface area contributed by atoms with Crippen molar-refractivity contribution >= 4 is 11.0 Å². The summed E-state index contributed by atoms with van der Waals surface area (Å²) in [6.45, 7) is 25.7. The molecule has 0 saturated heterocycles. The molecule has 8 aromatic rings. The van der Waals surface area contributed by atoms with Gasteiger partial charge in [-0.1, -0.05) is 185 Å². The summed E-state index contributed by atoms with van der Waals surface area (Å²) in [6, 6.07) is 30.6. The van der Waals surface area contributed by atoms with Gasteiger partial charge in [-0.2, -0.15) is 0 Å². The molecule has 0 aliphatic carbocycles. The van der Waals surface area contributed by atoms with Crippen molar-refractivity contribution in [2.45, 2.75) is 111 Å².